The number of carboxylic acid groups (broad SMARTS) is 1. The summed E-state index contributed by atoms with van der Waals surface area (Å²) in [6.45, 7) is 10.4. The van der Waals surface area contributed by atoms with Crippen LogP contribution in [0.2, 0.25) is 0 Å². The van der Waals surface area contributed by atoms with Crippen molar-refractivity contribution < 1.29 is 9.90 Å². The van der Waals surface area contributed by atoms with E-state index < -0.39 is 5.97 Å². The highest BCUT2D eigenvalue weighted by molar-refractivity contribution is 7.15. The predicted molar refractivity (Wildman–Crippen MR) is 134 cm³/mol. The first-order valence-electron chi connectivity index (χ1n) is 11.4. The van der Waals surface area contributed by atoms with Crippen molar-refractivity contribution in [2.75, 3.05) is 18.0 Å². The van der Waals surface area contributed by atoms with Gasteiger partial charge in [0.1, 0.15) is 5.00 Å². The van der Waals surface area contributed by atoms with Crippen LogP contribution in [0.5, 0.6) is 0 Å². The second kappa shape index (κ2) is 9.33. The van der Waals surface area contributed by atoms with Crippen LogP contribution in [0.15, 0.2) is 35.3 Å². The Hall–Kier alpha value is -2.86. The van der Waals surface area contributed by atoms with Crippen LogP contribution in [0.4, 0.5) is 11.4 Å². The van der Waals surface area contributed by atoms with E-state index in [1.54, 1.807) is 11.3 Å². The summed E-state index contributed by atoms with van der Waals surface area (Å²) in [4.78, 5) is 20.4. The molecule has 0 bridgehead atoms. The molecule has 1 N–H and O–H groups in total. The maximum atomic E-state index is 12.2. The summed E-state index contributed by atoms with van der Waals surface area (Å²) in [5.41, 5.74) is 6.70. The molecule has 0 fully saturated rings. The van der Waals surface area contributed by atoms with Gasteiger partial charge in [-0.15, -0.1) is 11.3 Å². The van der Waals surface area contributed by atoms with Crippen molar-refractivity contribution >= 4 is 34.9 Å². The van der Waals surface area contributed by atoms with Crippen LogP contribution in [0.25, 0.3) is 5.00 Å². The average Bonchev–Trinajstić information content (AvgIpc) is 3.30. The number of hydrogen-bond donors (Lipinski definition) is 1. The minimum atomic E-state index is -0.824. The van der Waals surface area contributed by atoms with Crippen LogP contribution in [0.1, 0.15) is 64.4 Å². The number of carboxylic acids is 1. The molecule has 0 aliphatic heterocycles. The first-order chi connectivity index (χ1) is 15.4. The summed E-state index contributed by atoms with van der Waals surface area (Å²) in [7, 11) is 0. The highest BCUT2D eigenvalue weighted by atomic mass is 32.1. The van der Waals surface area contributed by atoms with E-state index in [9.17, 15) is 9.90 Å². The van der Waals surface area contributed by atoms with Crippen LogP contribution < -0.4 is 4.90 Å². The lowest BCUT2D eigenvalue weighted by Gasteiger charge is -2.20. The monoisotopic (exact) mass is 449 g/mol. The predicted octanol–water partition coefficient (Wildman–Crippen LogP) is 6.33. The summed E-state index contributed by atoms with van der Waals surface area (Å²) in [5.74, 6) is -0.824. The van der Waals surface area contributed by atoms with E-state index in [0.29, 0.717) is 5.56 Å². The molecule has 4 rings (SSSR count). The molecule has 5 nitrogen and oxygen atoms in total. The van der Waals surface area contributed by atoms with Crippen molar-refractivity contribution in [1.82, 2.24) is 4.57 Å². The smallest absolute Gasteiger partial charge is 0.339 e. The largest absolute Gasteiger partial charge is 0.478 e. The SMILES string of the molecule is CCN(CC)c1ccc(N=Cc2cc(C)n(-c3sc4c(c3C(=O)O)CCCC4)c2C)cc1. The lowest BCUT2D eigenvalue weighted by atomic mass is 9.95. The van der Waals surface area contributed by atoms with E-state index in [1.807, 2.05) is 32.2 Å². The number of anilines is 1. The second-order valence-electron chi connectivity index (χ2n) is 8.30. The molecule has 2 aromatic heterocycles. The Kier molecular flexibility index (Phi) is 6.51. The van der Waals surface area contributed by atoms with Gasteiger partial charge in [0.25, 0.3) is 0 Å². The van der Waals surface area contributed by atoms with Gasteiger partial charge >= 0.3 is 5.97 Å². The van der Waals surface area contributed by atoms with E-state index in [1.165, 1.54) is 10.6 Å². The van der Waals surface area contributed by atoms with Gasteiger partial charge in [0.15, 0.2) is 0 Å². The van der Waals surface area contributed by atoms with Crippen LogP contribution in [-0.4, -0.2) is 34.9 Å². The molecule has 168 valence electrons. The van der Waals surface area contributed by atoms with Crippen LogP contribution in [-0.2, 0) is 12.8 Å². The van der Waals surface area contributed by atoms with Gasteiger partial charge in [-0.1, -0.05) is 0 Å². The number of thiophene rings is 1. The van der Waals surface area contributed by atoms with Crippen LogP contribution >= 0.6 is 11.3 Å². The van der Waals surface area contributed by atoms with Gasteiger partial charge in [0.05, 0.1) is 11.3 Å². The third kappa shape index (κ3) is 4.11. The highest BCUT2D eigenvalue weighted by Gasteiger charge is 2.27. The normalized spacial score (nSPS) is 13.5. The number of aromatic carboxylic acids is 1. The zero-order valence-electron chi connectivity index (χ0n) is 19.3. The van der Waals surface area contributed by atoms with Crippen LogP contribution in [0.3, 0.4) is 0 Å². The number of rotatable bonds is 7. The van der Waals surface area contributed by atoms with E-state index in [-0.39, 0.29) is 0 Å². The van der Waals surface area contributed by atoms with E-state index >= 15 is 0 Å². The summed E-state index contributed by atoms with van der Waals surface area (Å²) < 4.78 is 2.09. The van der Waals surface area contributed by atoms with Gasteiger partial charge in [-0.25, -0.2) is 4.79 Å². The quantitative estimate of drug-likeness (QED) is 0.429. The summed E-state index contributed by atoms with van der Waals surface area (Å²) in [6, 6.07) is 10.4. The van der Waals surface area contributed by atoms with Crippen LogP contribution in [0, 0.1) is 13.8 Å². The fourth-order valence-electron chi connectivity index (χ4n) is 4.64. The molecule has 0 spiro atoms. The average molecular weight is 450 g/mol. The number of fused-ring (bicyclic) bond motifs is 1. The molecule has 1 aromatic carbocycles. The van der Waals surface area contributed by atoms with Crippen molar-refractivity contribution in [3.63, 3.8) is 0 Å². The molecular weight excluding hydrogens is 418 g/mol. The number of nitrogens with zero attached hydrogens (tertiary/aromatic N) is 3. The number of hydrogen-bond acceptors (Lipinski definition) is 4. The number of aromatic nitrogens is 1. The fraction of sp³-hybridized carbons (Fsp3) is 0.385. The van der Waals surface area contributed by atoms with Crippen molar-refractivity contribution in [1.29, 1.82) is 0 Å². The van der Waals surface area contributed by atoms with E-state index in [4.69, 9.17) is 4.99 Å². The number of carbonyl (C=O) groups is 1. The Morgan fingerprint density at radius 2 is 1.84 bits per heavy atom. The molecule has 0 unspecified atom stereocenters. The molecule has 32 heavy (non-hydrogen) atoms. The van der Waals surface area contributed by atoms with Gasteiger partial charge in [0, 0.05) is 46.8 Å². The molecule has 2 heterocycles. The van der Waals surface area contributed by atoms with Gasteiger partial charge in [-0.05, 0) is 89.3 Å². The Labute approximate surface area is 194 Å². The van der Waals surface area contributed by atoms with Gasteiger partial charge < -0.3 is 14.6 Å². The Morgan fingerprint density at radius 1 is 1.16 bits per heavy atom. The first-order valence-corrected chi connectivity index (χ1v) is 12.2. The molecule has 6 heteroatoms. The zero-order valence-corrected chi connectivity index (χ0v) is 20.1. The molecule has 0 saturated carbocycles. The van der Waals surface area contributed by atoms with Gasteiger partial charge in [-0.2, -0.15) is 0 Å². The molecule has 3 aromatic rings. The van der Waals surface area contributed by atoms with Gasteiger partial charge in [-0.3, -0.25) is 4.99 Å². The molecular formula is C26H31N3O2S. The van der Waals surface area contributed by atoms with Crippen molar-refractivity contribution in [2.24, 2.45) is 4.99 Å². The molecule has 0 amide bonds. The minimum absolute atomic E-state index is 0.488. The number of aliphatic imine (C=N–C) groups is 1. The fourth-order valence-corrected chi connectivity index (χ4v) is 6.13. The lowest BCUT2D eigenvalue weighted by molar-refractivity contribution is 0.0696. The molecule has 0 atom stereocenters. The van der Waals surface area contributed by atoms with Crippen molar-refractivity contribution in [2.45, 2.75) is 53.4 Å². The minimum Gasteiger partial charge on any atom is -0.478 e. The maximum absolute atomic E-state index is 12.2. The Bertz CT molecular complexity index is 1150. The summed E-state index contributed by atoms with van der Waals surface area (Å²) in [5, 5.41) is 10.8. The molecule has 1 aliphatic rings. The van der Waals surface area contributed by atoms with Crippen molar-refractivity contribution in [3.8, 4) is 5.00 Å². The first kappa shape index (κ1) is 22.3. The Morgan fingerprint density at radius 3 is 2.50 bits per heavy atom. The zero-order chi connectivity index (χ0) is 22.8. The summed E-state index contributed by atoms with van der Waals surface area (Å²) in [6.07, 6.45) is 5.94. The van der Waals surface area contributed by atoms with Gasteiger partial charge in [0.2, 0.25) is 0 Å². The van der Waals surface area contributed by atoms with Crippen molar-refractivity contribution in [3.05, 3.63) is 63.3 Å². The molecule has 0 saturated heterocycles. The van der Waals surface area contributed by atoms with E-state index in [0.717, 1.165) is 72.0 Å². The van der Waals surface area contributed by atoms with E-state index in [2.05, 4.69) is 41.5 Å². The Balaban J connectivity index is 1.66. The number of aryl methyl sites for hydroxylation is 2. The maximum Gasteiger partial charge on any atom is 0.339 e. The third-order valence-electron chi connectivity index (χ3n) is 6.37. The second-order valence-corrected chi connectivity index (χ2v) is 9.39. The third-order valence-corrected chi connectivity index (χ3v) is 7.65. The lowest BCUT2D eigenvalue weighted by Crippen LogP contribution is -2.21. The standard InChI is InChI=1S/C26H31N3O2S/c1-5-28(6-2)21-13-11-20(12-14-21)27-16-19-15-17(3)29(18(19)4)25-24(26(30)31)22-9-7-8-10-23(22)32-25/h11-16H,5-10H2,1-4H3,(H,30,31). The molecule has 1 aliphatic carbocycles. The summed E-state index contributed by atoms with van der Waals surface area (Å²) >= 11 is 1.64. The number of benzene rings is 1. The topological polar surface area (TPSA) is 57.8 Å². The highest BCUT2D eigenvalue weighted by Crippen LogP contribution is 2.38. The molecule has 0 radical (unpaired) electrons.